The minimum Gasteiger partial charge on any atom is -0.359 e. The van der Waals surface area contributed by atoms with Crippen LogP contribution in [0.5, 0.6) is 0 Å². The highest BCUT2D eigenvalue weighted by atomic mass is 28.3. The second-order valence-corrected chi connectivity index (χ2v) is 8.59. The van der Waals surface area contributed by atoms with Gasteiger partial charge in [-0.05, 0) is 6.04 Å². The first kappa shape index (κ1) is 9.69. The third-order valence-corrected chi connectivity index (χ3v) is 2.61. The summed E-state index contributed by atoms with van der Waals surface area (Å²) in [6.07, 6.45) is 0.576. The van der Waals surface area contributed by atoms with Crippen molar-refractivity contribution < 1.29 is 4.79 Å². The molecular formula is C7H16NOSi. The first-order chi connectivity index (χ1) is 4.45. The predicted molar refractivity (Wildman–Crippen MR) is 46.3 cm³/mol. The van der Waals surface area contributed by atoms with Gasteiger partial charge in [-0.15, -0.1) is 0 Å². The van der Waals surface area contributed by atoms with Crippen LogP contribution in [0.1, 0.15) is 6.42 Å². The van der Waals surface area contributed by atoms with Crippen LogP contribution >= 0.6 is 0 Å². The summed E-state index contributed by atoms with van der Waals surface area (Å²) in [5, 5.41) is 2.59. The minimum atomic E-state index is -1.12. The van der Waals surface area contributed by atoms with Crippen LogP contribution in [-0.2, 0) is 4.79 Å². The van der Waals surface area contributed by atoms with Crippen LogP contribution in [-0.4, -0.2) is 21.0 Å². The molecule has 0 aromatic carbocycles. The van der Waals surface area contributed by atoms with Gasteiger partial charge in [0.1, 0.15) is 0 Å². The summed E-state index contributed by atoms with van der Waals surface area (Å²) < 4.78 is 0. The van der Waals surface area contributed by atoms with E-state index in [9.17, 15) is 4.79 Å². The molecule has 0 aromatic heterocycles. The van der Waals surface area contributed by atoms with Crippen LogP contribution in [0.3, 0.4) is 0 Å². The fourth-order valence-electron chi connectivity index (χ4n) is 0.501. The average molecular weight is 158 g/mol. The number of nitrogens with one attached hydrogen (secondary N) is 1. The maximum absolute atomic E-state index is 10.7. The number of hydrogen-bond acceptors (Lipinski definition) is 1. The summed E-state index contributed by atoms with van der Waals surface area (Å²) in [4.78, 5) is 10.7. The highest BCUT2D eigenvalue weighted by molar-refractivity contribution is 6.79. The summed E-state index contributed by atoms with van der Waals surface area (Å²) in [6, 6.07) is 2.14. The molecule has 10 heavy (non-hydrogen) atoms. The van der Waals surface area contributed by atoms with Crippen LogP contribution in [0.2, 0.25) is 19.6 Å². The minimum absolute atomic E-state index is 0.113. The Morgan fingerprint density at radius 2 is 2.00 bits per heavy atom. The van der Waals surface area contributed by atoms with Gasteiger partial charge in [-0.2, -0.15) is 0 Å². The van der Waals surface area contributed by atoms with Crippen molar-refractivity contribution in [1.29, 1.82) is 0 Å². The van der Waals surface area contributed by atoms with Gasteiger partial charge in [-0.25, -0.2) is 0 Å². The summed E-state index contributed by atoms with van der Waals surface area (Å²) in [6.45, 7) is 6.65. The Kier molecular flexibility index (Phi) is 3.64. The first-order valence-electron chi connectivity index (χ1n) is 3.50. The second kappa shape index (κ2) is 3.76. The number of carbonyl (C=O) groups is 1. The van der Waals surface area contributed by atoms with Crippen molar-refractivity contribution in [3.63, 3.8) is 0 Å². The van der Waals surface area contributed by atoms with Crippen LogP contribution in [0.25, 0.3) is 0 Å². The smallest absolute Gasteiger partial charge is 0.219 e. The Hall–Kier alpha value is -0.313. The first-order valence-corrected chi connectivity index (χ1v) is 7.08. The third kappa shape index (κ3) is 5.82. The van der Waals surface area contributed by atoms with E-state index in [1.54, 1.807) is 7.05 Å². The molecular weight excluding hydrogens is 142 g/mol. The largest absolute Gasteiger partial charge is 0.359 e. The summed E-state index contributed by atoms with van der Waals surface area (Å²) >= 11 is 0. The van der Waals surface area contributed by atoms with E-state index in [4.69, 9.17) is 0 Å². The Labute approximate surface area is 64.0 Å². The normalized spacial score (nSPS) is 11.2. The molecule has 0 unspecified atom stereocenters. The van der Waals surface area contributed by atoms with Gasteiger partial charge in [0.05, 0.1) is 0 Å². The van der Waals surface area contributed by atoms with Gasteiger partial charge >= 0.3 is 0 Å². The van der Waals surface area contributed by atoms with Gasteiger partial charge in [-0.1, -0.05) is 19.6 Å². The van der Waals surface area contributed by atoms with E-state index in [0.717, 1.165) is 0 Å². The zero-order valence-corrected chi connectivity index (χ0v) is 8.19. The van der Waals surface area contributed by atoms with Gasteiger partial charge in [0.15, 0.2) is 0 Å². The number of hydrogen-bond donors (Lipinski definition) is 1. The molecule has 0 aliphatic rings. The molecule has 1 radical (unpaired) electrons. The van der Waals surface area contributed by atoms with Gasteiger partial charge in [0.25, 0.3) is 0 Å². The molecule has 2 nitrogen and oxygen atoms in total. The summed E-state index contributed by atoms with van der Waals surface area (Å²) in [5.41, 5.74) is 0. The molecule has 0 heterocycles. The highest BCUT2D eigenvalue weighted by Gasteiger charge is 2.14. The maximum atomic E-state index is 10.7. The van der Waals surface area contributed by atoms with Crippen molar-refractivity contribution in [3.8, 4) is 0 Å². The summed E-state index contributed by atoms with van der Waals surface area (Å²) in [7, 11) is 0.545. The van der Waals surface area contributed by atoms with Crippen LogP contribution in [0.4, 0.5) is 0 Å². The van der Waals surface area contributed by atoms with E-state index in [0.29, 0.717) is 6.42 Å². The van der Waals surface area contributed by atoms with Gasteiger partial charge in [0.2, 0.25) is 5.91 Å². The molecule has 1 amide bonds. The molecule has 59 valence electrons. The van der Waals surface area contributed by atoms with Crippen molar-refractivity contribution in [2.45, 2.75) is 26.1 Å². The highest BCUT2D eigenvalue weighted by Crippen LogP contribution is 2.07. The van der Waals surface area contributed by atoms with E-state index in [-0.39, 0.29) is 5.91 Å². The standard InChI is InChI=1S/C7H16NOSi/c1-8-7(9)5-6-10(2,3)4/h6H,5H2,1-4H3,(H,8,9). The van der Waals surface area contributed by atoms with Crippen molar-refractivity contribution in [3.05, 3.63) is 6.04 Å². The van der Waals surface area contributed by atoms with E-state index in [1.807, 2.05) is 0 Å². The Morgan fingerprint density at radius 1 is 1.50 bits per heavy atom. The molecule has 0 rings (SSSR count). The average Bonchev–Trinajstić information content (AvgIpc) is 1.81. The molecule has 0 spiro atoms. The molecule has 0 saturated carbocycles. The lowest BCUT2D eigenvalue weighted by atomic mass is 10.5. The molecule has 0 aromatic rings. The molecule has 0 aliphatic heterocycles. The molecule has 0 fully saturated rings. The third-order valence-electron chi connectivity index (χ3n) is 1.18. The molecule has 0 aliphatic carbocycles. The molecule has 0 atom stereocenters. The van der Waals surface area contributed by atoms with Crippen molar-refractivity contribution >= 4 is 14.0 Å². The van der Waals surface area contributed by atoms with Crippen LogP contribution < -0.4 is 5.32 Å². The Morgan fingerprint density at radius 3 is 2.30 bits per heavy atom. The number of amides is 1. The SMILES string of the molecule is CNC(=O)C[CH][Si](C)(C)C. The summed E-state index contributed by atoms with van der Waals surface area (Å²) in [5.74, 6) is 0.113. The number of carbonyl (C=O) groups excluding carboxylic acids is 1. The molecule has 0 bridgehead atoms. The zero-order valence-electron chi connectivity index (χ0n) is 7.19. The lowest BCUT2D eigenvalue weighted by Gasteiger charge is -2.13. The zero-order chi connectivity index (χ0) is 8.20. The molecule has 1 N–H and O–H groups in total. The Bertz CT molecular complexity index is 117. The topological polar surface area (TPSA) is 29.1 Å². The van der Waals surface area contributed by atoms with Gasteiger partial charge < -0.3 is 5.32 Å². The van der Waals surface area contributed by atoms with Crippen molar-refractivity contribution in [1.82, 2.24) is 5.32 Å². The lowest BCUT2D eigenvalue weighted by molar-refractivity contribution is -0.119. The lowest BCUT2D eigenvalue weighted by Crippen LogP contribution is -2.26. The van der Waals surface area contributed by atoms with E-state index < -0.39 is 8.07 Å². The van der Waals surface area contributed by atoms with Crippen LogP contribution in [0.15, 0.2) is 0 Å². The predicted octanol–water partition coefficient (Wildman–Crippen LogP) is 1.20. The maximum Gasteiger partial charge on any atom is 0.219 e. The van der Waals surface area contributed by atoms with E-state index in [2.05, 4.69) is 31.0 Å². The second-order valence-electron chi connectivity index (χ2n) is 3.45. The molecule has 3 heteroatoms. The quantitative estimate of drug-likeness (QED) is 0.614. The van der Waals surface area contributed by atoms with E-state index in [1.165, 1.54) is 0 Å². The Balaban J connectivity index is 3.46. The monoisotopic (exact) mass is 158 g/mol. The van der Waals surface area contributed by atoms with Crippen molar-refractivity contribution in [2.75, 3.05) is 7.05 Å². The van der Waals surface area contributed by atoms with E-state index >= 15 is 0 Å². The molecule has 0 saturated heterocycles. The van der Waals surface area contributed by atoms with Gasteiger partial charge in [-0.3, -0.25) is 4.79 Å². The van der Waals surface area contributed by atoms with Crippen LogP contribution in [0, 0.1) is 6.04 Å². The van der Waals surface area contributed by atoms with Crippen molar-refractivity contribution in [2.24, 2.45) is 0 Å². The fourth-order valence-corrected chi connectivity index (χ4v) is 1.30. The number of rotatable bonds is 3. The van der Waals surface area contributed by atoms with Gasteiger partial charge in [0, 0.05) is 21.5 Å². The fraction of sp³-hybridized carbons (Fsp3) is 0.714.